The Hall–Kier alpha value is -3.30. The zero-order chi connectivity index (χ0) is 21.0. The Morgan fingerprint density at radius 3 is 2.86 bits per heavy atom. The van der Waals surface area contributed by atoms with E-state index in [1.54, 1.807) is 12.1 Å². The Morgan fingerprint density at radius 2 is 2.17 bits per heavy atom. The number of nitrogens with one attached hydrogen (secondary N) is 1. The Balaban J connectivity index is 1.74. The van der Waals surface area contributed by atoms with E-state index in [1.165, 1.54) is 12.1 Å². The number of pyridine rings is 1. The number of ether oxygens (including phenoxy) is 1. The molecule has 1 saturated heterocycles. The second-order valence-electron chi connectivity index (χ2n) is 6.73. The molecule has 2 heterocycles. The van der Waals surface area contributed by atoms with Gasteiger partial charge in [-0.05, 0) is 38.0 Å². The van der Waals surface area contributed by atoms with Crippen molar-refractivity contribution in [1.29, 1.82) is 0 Å². The molecule has 8 nitrogen and oxygen atoms in total. The molecular formula is C19H20F2N4O4. The summed E-state index contributed by atoms with van der Waals surface area (Å²) in [6.07, 6.45) is 1.38. The van der Waals surface area contributed by atoms with Crippen LogP contribution in [0.15, 0.2) is 36.4 Å². The fourth-order valence-electron chi connectivity index (χ4n) is 3.31. The molecule has 1 amide bonds. The summed E-state index contributed by atoms with van der Waals surface area (Å²) in [7, 11) is 0. The number of rotatable bonds is 6. The lowest BCUT2D eigenvalue weighted by Gasteiger charge is -2.33. The van der Waals surface area contributed by atoms with Crippen LogP contribution in [-0.4, -0.2) is 35.5 Å². The van der Waals surface area contributed by atoms with E-state index >= 15 is 0 Å². The number of nitrogens with zero attached hydrogens (tertiary/aromatic N) is 3. The summed E-state index contributed by atoms with van der Waals surface area (Å²) in [5.74, 6) is -0.549. The quantitative estimate of drug-likeness (QED) is 0.580. The molecule has 154 valence electrons. The van der Waals surface area contributed by atoms with Gasteiger partial charge in [-0.1, -0.05) is 6.07 Å². The van der Waals surface area contributed by atoms with Crippen LogP contribution in [0.2, 0.25) is 0 Å². The first kappa shape index (κ1) is 20.4. The SMILES string of the molecule is Cc1cccc(NC(=O)C2CCCN(c3ccc([N+](=O)[O-])c(OC(F)F)c3)C2)n1. The van der Waals surface area contributed by atoms with E-state index in [-0.39, 0.29) is 11.8 Å². The minimum Gasteiger partial charge on any atom is -0.427 e. The summed E-state index contributed by atoms with van der Waals surface area (Å²) in [4.78, 5) is 29.0. The molecule has 1 atom stereocenters. The van der Waals surface area contributed by atoms with Gasteiger partial charge >= 0.3 is 12.3 Å². The number of hydrogen-bond donors (Lipinski definition) is 1. The standard InChI is InChI=1S/C19H20F2N4O4/c1-12-4-2-6-17(22-12)23-18(26)13-5-3-9-24(11-13)14-7-8-15(25(27)28)16(10-14)29-19(20)21/h2,4,6-8,10,13,19H,3,5,9,11H2,1H3,(H,22,23,26). The lowest BCUT2D eigenvalue weighted by Crippen LogP contribution is -2.40. The lowest BCUT2D eigenvalue weighted by atomic mass is 9.96. The highest BCUT2D eigenvalue weighted by Crippen LogP contribution is 2.34. The van der Waals surface area contributed by atoms with Gasteiger partial charge in [0.15, 0.2) is 0 Å². The molecule has 1 aromatic heterocycles. The monoisotopic (exact) mass is 406 g/mol. The summed E-state index contributed by atoms with van der Waals surface area (Å²) < 4.78 is 29.6. The Morgan fingerprint density at radius 1 is 1.38 bits per heavy atom. The van der Waals surface area contributed by atoms with Crippen LogP contribution < -0.4 is 15.0 Å². The van der Waals surface area contributed by atoms with E-state index < -0.39 is 23.0 Å². The third-order valence-corrected chi connectivity index (χ3v) is 4.65. The summed E-state index contributed by atoms with van der Waals surface area (Å²) in [5, 5.41) is 13.8. The first-order valence-corrected chi connectivity index (χ1v) is 9.06. The number of alkyl halides is 2. The van der Waals surface area contributed by atoms with Gasteiger partial charge in [-0.2, -0.15) is 8.78 Å². The maximum Gasteiger partial charge on any atom is 0.387 e. The van der Waals surface area contributed by atoms with Gasteiger partial charge in [0.25, 0.3) is 0 Å². The van der Waals surface area contributed by atoms with Crippen molar-refractivity contribution in [3.63, 3.8) is 0 Å². The van der Waals surface area contributed by atoms with Gasteiger partial charge in [0, 0.05) is 36.6 Å². The highest BCUT2D eigenvalue weighted by atomic mass is 19.3. The highest BCUT2D eigenvalue weighted by Gasteiger charge is 2.28. The van der Waals surface area contributed by atoms with Crippen LogP contribution in [0.4, 0.5) is 26.0 Å². The van der Waals surface area contributed by atoms with Crippen LogP contribution in [-0.2, 0) is 4.79 Å². The fourth-order valence-corrected chi connectivity index (χ4v) is 3.31. The van der Waals surface area contributed by atoms with Gasteiger partial charge in [0.05, 0.1) is 10.8 Å². The zero-order valence-corrected chi connectivity index (χ0v) is 15.7. The third-order valence-electron chi connectivity index (χ3n) is 4.65. The lowest BCUT2D eigenvalue weighted by molar-refractivity contribution is -0.386. The summed E-state index contributed by atoms with van der Waals surface area (Å²) in [6.45, 7) is -0.404. The zero-order valence-electron chi connectivity index (χ0n) is 15.7. The van der Waals surface area contributed by atoms with Gasteiger partial charge < -0.3 is 15.0 Å². The smallest absolute Gasteiger partial charge is 0.387 e. The number of nitro benzene ring substituents is 1. The van der Waals surface area contributed by atoms with Crippen LogP contribution in [0.5, 0.6) is 5.75 Å². The Labute approximate surface area is 165 Å². The molecule has 1 unspecified atom stereocenters. The van der Waals surface area contributed by atoms with Gasteiger partial charge in [-0.3, -0.25) is 14.9 Å². The maximum absolute atomic E-state index is 12.6. The van der Waals surface area contributed by atoms with E-state index in [4.69, 9.17) is 0 Å². The van der Waals surface area contributed by atoms with E-state index in [0.29, 0.717) is 37.4 Å². The number of anilines is 2. The molecule has 1 fully saturated rings. The van der Waals surface area contributed by atoms with Crippen molar-refractivity contribution in [2.75, 3.05) is 23.3 Å². The maximum atomic E-state index is 12.6. The van der Waals surface area contributed by atoms with Crippen molar-refractivity contribution in [2.24, 2.45) is 5.92 Å². The normalized spacial score (nSPS) is 16.6. The molecule has 0 bridgehead atoms. The molecular weight excluding hydrogens is 386 g/mol. The predicted octanol–water partition coefficient (Wildman–Crippen LogP) is 3.75. The number of nitro groups is 1. The molecule has 10 heteroatoms. The second kappa shape index (κ2) is 8.80. The van der Waals surface area contributed by atoms with E-state index in [0.717, 1.165) is 11.8 Å². The average Bonchev–Trinajstić information content (AvgIpc) is 2.67. The van der Waals surface area contributed by atoms with Crippen LogP contribution in [0.1, 0.15) is 18.5 Å². The van der Waals surface area contributed by atoms with Crippen molar-refractivity contribution in [3.8, 4) is 5.75 Å². The topological polar surface area (TPSA) is 97.6 Å². The molecule has 1 aromatic carbocycles. The Bertz CT molecular complexity index is 910. The van der Waals surface area contributed by atoms with Crippen LogP contribution >= 0.6 is 0 Å². The molecule has 1 aliphatic rings. The van der Waals surface area contributed by atoms with Gasteiger partial charge in [0.1, 0.15) is 5.82 Å². The van der Waals surface area contributed by atoms with Crippen molar-refractivity contribution in [1.82, 2.24) is 4.98 Å². The van der Waals surface area contributed by atoms with Crippen LogP contribution in [0.25, 0.3) is 0 Å². The summed E-state index contributed by atoms with van der Waals surface area (Å²) in [6, 6.07) is 9.15. The number of aryl methyl sites for hydroxylation is 1. The van der Waals surface area contributed by atoms with Gasteiger partial charge in [0.2, 0.25) is 11.7 Å². The molecule has 29 heavy (non-hydrogen) atoms. The molecule has 0 radical (unpaired) electrons. The van der Waals surface area contributed by atoms with Crippen molar-refractivity contribution >= 4 is 23.1 Å². The minimum atomic E-state index is -3.18. The van der Waals surface area contributed by atoms with Crippen LogP contribution in [0.3, 0.4) is 0 Å². The first-order valence-electron chi connectivity index (χ1n) is 9.06. The number of carbonyl (C=O) groups is 1. The molecule has 1 N–H and O–H groups in total. The number of hydrogen-bond acceptors (Lipinski definition) is 6. The largest absolute Gasteiger partial charge is 0.427 e. The third kappa shape index (κ3) is 5.15. The fraction of sp³-hybridized carbons (Fsp3) is 0.368. The second-order valence-corrected chi connectivity index (χ2v) is 6.73. The highest BCUT2D eigenvalue weighted by molar-refractivity contribution is 5.92. The number of amides is 1. The summed E-state index contributed by atoms with van der Waals surface area (Å²) in [5.41, 5.74) is 0.730. The average molecular weight is 406 g/mol. The molecule has 0 saturated carbocycles. The van der Waals surface area contributed by atoms with Crippen molar-refractivity contribution in [2.45, 2.75) is 26.4 Å². The number of halogens is 2. The number of piperidine rings is 1. The Kier molecular flexibility index (Phi) is 6.20. The number of benzene rings is 1. The van der Waals surface area contributed by atoms with E-state index in [2.05, 4.69) is 15.0 Å². The minimum absolute atomic E-state index is 0.182. The van der Waals surface area contributed by atoms with E-state index in [9.17, 15) is 23.7 Å². The molecule has 2 aromatic rings. The molecule has 3 rings (SSSR count). The van der Waals surface area contributed by atoms with E-state index in [1.807, 2.05) is 17.9 Å². The molecule has 1 aliphatic heterocycles. The first-order chi connectivity index (χ1) is 13.8. The van der Waals surface area contributed by atoms with Crippen LogP contribution in [0, 0.1) is 23.0 Å². The molecule has 0 spiro atoms. The number of carbonyl (C=O) groups excluding carboxylic acids is 1. The molecule has 0 aliphatic carbocycles. The van der Waals surface area contributed by atoms with Crippen molar-refractivity contribution < 1.29 is 23.2 Å². The number of aromatic nitrogens is 1. The van der Waals surface area contributed by atoms with Gasteiger partial charge in [-0.25, -0.2) is 4.98 Å². The van der Waals surface area contributed by atoms with Gasteiger partial charge in [-0.15, -0.1) is 0 Å². The predicted molar refractivity (Wildman–Crippen MR) is 102 cm³/mol. The van der Waals surface area contributed by atoms with Crippen molar-refractivity contribution in [3.05, 3.63) is 52.2 Å². The summed E-state index contributed by atoms with van der Waals surface area (Å²) >= 11 is 0.